The number of carbonyl (C=O) groups excluding carboxylic acids is 1. The SMILES string of the molecule is Cc1cc(=O)cc(C(=O)N[C@H](C)c2ccc3c(c2)OCCCO3)o1. The molecule has 0 aliphatic carbocycles. The molecule has 6 nitrogen and oxygen atoms in total. The van der Waals surface area contributed by atoms with Crippen molar-refractivity contribution in [2.45, 2.75) is 26.3 Å². The lowest BCUT2D eigenvalue weighted by molar-refractivity contribution is 0.0907. The highest BCUT2D eigenvalue weighted by Crippen LogP contribution is 2.32. The second-order valence-electron chi connectivity index (χ2n) is 5.72. The van der Waals surface area contributed by atoms with Crippen LogP contribution in [-0.2, 0) is 0 Å². The maximum atomic E-state index is 12.3. The summed E-state index contributed by atoms with van der Waals surface area (Å²) in [7, 11) is 0. The first-order valence-corrected chi connectivity index (χ1v) is 7.85. The van der Waals surface area contributed by atoms with Crippen LogP contribution in [0.25, 0.3) is 0 Å². The highest BCUT2D eigenvalue weighted by molar-refractivity contribution is 5.91. The number of nitrogens with one attached hydrogen (secondary N) is 1. The minimum absolute atomic E-state index is 0.00110. The Morgan fingerprint density at radius 2 is 1.88 bits per heavy atom. The highest BCUT2D eigenvalue weighted by atomic mass is 16.5. The number of rotatable bonds is 3. The molecule has 1 atom stereocenters. The van der Waals surface area contributed by atoms with Crippen molar-refractivity contribution in [1.82, 2.24) is 5.32 Å². The van der Waals surface area contributed by atoms with Gasteiger partial charge in [0.15, 0.2) is 22.7 Å². The van der Waals surface area contributed by atoms with Crippen LogP contribution in [0.4, 0.5) is 0 Å². The second-order valence-corrected chi connectivity index (χ2v) is 5.72. The molecule has 0 unspecified atom stereocenters. The molecular weight excluding hydrogens is 310 g/mol. The zero-order valence-electron chi connectivity index (χ0n) is 13.6. The van der Waals surface area contributed by atoms with Crippen LogP contribution < -0.4 is 20.2 Å². The van der Waals surface area contributed by atoms with Crippen LogP contribution in [0.3, 0.4) is 0 Å². The van der Waals surface area contributed by atoms with E-state index in [1.165, 1.54) is 12.1 Å². The van der Waals surface area contributed by atoms with Gasteiger partial charge >= 0.3 is 0 Å². The largest absolute Gasteiger partial charge is 0.490 e. The molecule has 2 heterocycles. The number of hydrogen-bond donors (Lipinski definition) is 1. The van der Waals surface area contributed by atoms with Gasteiger partial charge in [-0.1, -0.05) is 6.07 Å². The standard InChI is InChI=1S/C18H19NO5/c1-11-8-14(20)10-17(24-11)18(21)19-12(2)13-4-5-15-16(9-13)23-7-3-6-22-15/h4-5,8-10,12H,3,6-7H2,1-2H3,(H,19,21)/t12-/m1/s1. The van der Waals surface area contributed by atoms with Crippen molar-refractivity contribution in [1.29, 1.82) is 0 Å². The third kappa shape index (κ3) is 3.59. The molecule has 3 rings (SSSR count). The summed E-state index contributed by atoms with van der Waals surface area (Å²) in [5.41, 5.74) is 0.620. The monoisotopic (exact) mass is 329 g/mol. The quantitative estimate of drug-likeness (QED) is 0.936. The number of benzene rings is 1. The summed E-state index contributed by atoms with van der Waals surface area (Å²) in [5.74, 6) is 1.35. The summed E-state index contributed by atoms with van der Waals surface area (Å²) in [4.78, 5) is 23.8. The van der Waals surface area contributed by atoms with Gasteiger partial charge in [-0.15, -0.1) is 0 Å². The van der Waals surface area contributed by atoms with Crippen molar-refractivity contribution in [3.05, 3.63) is 57.6 Å². The van der Waals surface area contributed by atoms with Gasteiger partial charge in [0.05, 0.1) is 19.3 Å². The Morgan fingerprint density at radius 3 is 2.62 bits per heavy atom. The van der Waals surface area contributed by atoms with Gasteiger partial charge in [-0.3, -0.25) is 9.59 Å². The zero-order valence-corrected chi connectivity index (χ0v) is 13.6. The molecule has 1 N–H and O–H groups in total. The van der Waals surface area contributed by atoms with E-state index >= 15 is 0 Å². The van der Waals surface area contributed by atoms with Crippen molar-refractivity contribution < 1.29 is 18.7 Å². The van der Waals surface area contributed by atoms with E-state index in [0.717, 1.165) is 12.0 Å². The van der Waals surface area contributed by atoms with E-state index < -0.39 is 5.91 Å². The van der Waals surface area contributed by atoms with E-state index in [4.69, 9.17) is 13.9 Å². The summed E-state index contributed by atoms with van der Waals surface area (Å²) in [6, 6.07) is 7.82. The van der Waals surface area contributed by atoms with Crippen molar-refractivity contribution in [3.8, 4) is 11.5 Å². The summed E-state index contributed by atoms with van der Waals surface area (Å²) >= 11 is 0. The van der Waals surface area contributed by atoms with E-state index in [0.29, 0.717) is 30.5 Å². The Balaban J connectivity index is 1.77. The van der Waals surface area contributed by atoms with Crippen molar-refractivity contribution in [2.75, 3.05) is 13.2 Å². The molecule has 0 bridgehead atoms. The fourth-order valence-corrected chi connectivity index (χ4v) is 2.52. The van der Waals surface area contributed by atoms with E-state index in [9.17, 15) is 9.59 Å². The van der Waals surface area contributed by atoms with Crippen LogP contribution >= 0.6 is 0 Å². The summed E-state index contributed by atoms with van der Waals surface area (Å²) in [6.07, 6.45) is 0.836. The molecule has 126 valence electrons. The lowest BCUT2D eigenvalue weighted by Gasteiger charge is -2.16. The molecule has 1 aliphatic heterocycles. The van der Waals surface area contributed by atoms with Crippen molar-refractivity contribution >= 4 is 5.91 Å². The average molecular weight is 329 g/mol. The Bertz CT molecular complexity index is 811. The Morgan fingerprint density at radius 1 is 1.12 bits per heavy atom. The number of aryl methyl sites for hydroxylation is 1. The molecule has 1 amide bonds. The molecular formula is C18H19NO5. The van der Waals surface area contributed by atoms with Crippen LogP contribution in [0.2, 0.25) is 0 Å². The van der Waals surface area contributed by atoms with Crippen LogP contribution in [0.1, 0.15) is 41.3 Å². The minimum atomic E-state index is -0.435. The minimum Gasteiger partial charge on any atom is -0.490 e. The fourth-order valence-electron chi connectivity index (χ4n) is 2.52. The lowest BCUT2D eigenvalue weighted by Crippen LogP contribution is -2.27. The van der Waals surface area contributed by atoms with E-state index in [-0.39, 0.29) is 17.2 Å². The first-order valence-electron chi connectivity index (χ1n) is 7.85. The van der Waals surface area contributed by atoms with Gasteiger partial charge < -0.3 is 19.2 Å². The molecule has 1 aliphatic rings. The number of amides is 1. The first kappa shape index (κ1) is 16.1. The van der Waals surface area contributed by atoms with Crippen LogP contribution in [0, 0.1) is 6.92 Å². The number of fused-ring (bicyclic) bond motifs is 1. The molecule has 0 spiro atoms. The Labute approximate surface area is 139 Å². The summed E-state index contributed by atoms with van der Waals surface area (Å²) < 4.78 is 16.6. The van der Waals surface area contributed by atoms with Crippen LogP contribution in [0.5, 0.6) is 11.5 Å². The molecule has 0 radical (unpaired) electrons. The molecule has 1 aromatic heterocycles. The number of ether oxygens (including phenoxy) is 2. The maximum Gasteiger partial charge on any atom is 0.287 e. The fraction of sp³-hybridized carbons (Fsp3) is 0.333. The molecule has 1 aromatic carbocycles. The van der Waals surface area contributed by atoms with Gasteiger partial charge in [-0.25, -0.2) is 0 Å². The molecule has 6 heteroatoms. The van der Waals surface area contributed by atoms with Gasteiger partial charge in [-0.2, -0.15) is 0 Å². The average Bonchev–Trinajstić information content (AvgIpc) is 2.78. The lowest BCUT2D eigenvalue weighted by atomic mass is 10.1. The third-order valence-electron chi connectivity index (χ3n) is 3.73. The maximum absolute atomic E-state index is 12.3. The van der Waals surface area contributed by atoms with E-state index in [1.807, 2.05) is 25.1 Å². The van der Waals surface area contributed by atoms with Crippen molar-refractivity contribution in [3.63, 3.8) is 0 Å². The molecule has 2 aromatic rings. The number of carbonyl (C=O) groups is 1. The van der Waals surface area contributed by atoms with Gasteiger partial charge in [0, 0.05) is 18.6 Å². The van der Waals surface area contributed by atoms with E-state index in [1.54, 1.807) is 6.92 Å². The smallest absolute Gasteiger partial charge is 0.287 e. The summed E-state index contributed by atoms with van der Waals surface area (Å²) in [6.45, 7) is 4.72. The summed E-state index contributed by atoms with van der Waals surface area (Å²) in [5, 5.41) is 2.82. The third-order valence-corrected chi connectivity index (χ3v) is 3.73. The first-order chi connectivity index (χ1) is 11.5. The Kier molecular flexibility index (Phi) is 4.55. The molecule has 0 saturated heterocycles. The molecule has 24 heavy (non-hydrogen) atoms. The van der Waals surface area contributed by atoms with Gasteiger partial charge in [0.25, 0.3) is 5.91 Å². The van der Waals surface area contributed by atoms with Gasteiger partial charge in [0.1, 0.15) is 5.76 Å². The highest BCUT2D eigenvalue weighted by Gasteiger charge is 2.17. The Hall–Kier alpha value is -2.76. The van der Waals surface area contributed by atoms with Gasteiger partial charge in [-0.05, 0) is 31.5 Å². The van der Waals surface area contributed by atoms with Gasteiger partial charge in [0.2, 0.25) is 0 Å². The second kappa shape index (κ2) is 6.78. The number of hydrogen-bond acceptors (Lipinski definition) is 5. The zero-order chi connectivity index (χ0) is 17.1. The predicted molar refractivity (Wildman–Crippen MR) is 87.6 cm³/mol. The predicted octanol–water partition coefficient (Wildman–Crippen LogP) is 2.60. The van der Waals surface area contributed by atoms with E-state index in [2.05, 4.69) is 5.32 Å². The molecule has 0 fully saturated rings. The topological polar surface area (TPSA) is 77.8 Å². The normalized spacial score (nSPS) is 14.6. The van der Waals surface area contributed by atoms with Crippen molar-refractivity contribution in [2.24, 2.45) is 0 Å². The van der Waals surface area contributed by atoms with Crippen LogP contribution in [0.15, 0.2) is 39.5 Å². The van der Waals surface area contributed by atoms with Crippen LogP contribution in [-0.4, -0.2) is 19.1 Å². The molecule has 0 saturated carbocycles.